The number of sulfonamides is 1. The van der Waals surface area contributed by atoms with Gasteiger partial charge in [0.15, 0.2) is 0 Å². The minimum absolute atomic E-state index is 0.0583. The number of halogens is 2. The van der Waals surface area contributed by atoms with Crippen molar-refractivity contribution in [2.24, 2.45) is 5.10 Å². The number of hydrogen-bond acceptors (Lipinski definition) is 4. The molecule has 0 radical (unpaired) electrons. The van der Waals surface area contributed by atoms with E-state index in [4.69, 9.17) is 23.2 Å². The van der Waals surface area contributed by atoms with Crippen molar-refractivity contribution in [3.8, 4) is 5.75 Å². The van der Waals surface area contributed by atoms with Crippen LogP contribution in [0.25, 0.3) is 0 Å². The predicted molar refractivity (Wildman–Crippen MR) is 87.1 cm³/mol. The van der Waals surface area contributed by atoms with Gasteiger partial charge in [-0.05, 0) is 31.2 Å². The Bertz CT molecular complexity index is 821. The molecule has 116 valence electrons. The van der Waals surface area contributed by atoms with Crippen LogP contribution >= 0.6 is 23.2 Å². The van der Waals surface area contributed by atoms with Crippen molar-refractivity contribution in [1.29, 1.82) is 0 Å². The lowest BCUT2D eigenvalue weighted by molar-refractivity contribution is 0.474. The Balaban J connectivity index is 2.31. The molecule has 0 aliphatic carbocycles. The van der Waals surface area contributed by atoms with Crippen molar-refractivity contribution < 1.29 is 13.5 Å². The third-order valence-electron chi connectivity index (χ3n) is 2.81. The first-order valence-electron chi connectivity index (χ1n) is 6.11. The molecule has 0 atom stereocenters. The minimum Gasteiger partial charge on any atom is -0.506 e. The van der Waals surface area contributed by atoms with Crippen molar-refractivity contribution in [2.75, 3.05) is 0 Å². The molecule has 0 heterocycles. The van der Waals surface area contributed by atoms with E-state index in [0.29, 0.717) is 5.02 Å². The molecular formula is C14H12Cl2N2O3S. The predicted octanol–water partition coefficient (Wildman–Crippen LogP) is 3.40. The van der Waals surface area contributed by atoms with E-state index in [0.717, 1.165) is 0 Å². The summed E-state index contributed by atoms with van der Waals surface area (Å²) in [4.78, 5) is 2.19. The number of nitrogens with zero attached hydrogens (tertiary/aromatic N) is 1. The summed E-state index contributed by atoms with van der Waals surface area (Å²) in [7, 11) is -3.78. The highest BCUT2D eigenvalue weighted by Crippen LogP contribution is 2.31. The van der Waals surface area contributed by atoms with Crippen molar-refractivity contribution in [1.82, 2.24) is 4.83 Å². The minimum atomic E-state index is -3.78. The Kier molecular flexibility index (Phi) is 4.95. The van der Waals surface area contributed by atoms with E-state index < -0.39 is 10.0 Å². The molecule has 0 unspecified atom stereocenters. The number of rotatable bonds is 4. The van der Waals surface area contributed by atoms with Crippen LogP contribution in [0.3, 0.4) is 0 Å². The molecule has 0 aliphatic heterocycles. The average Bonchev–Trinajstić information content (AvgIpc) is 2.49. The number of nitrogens with one attached hydrogen (secondary N) is 1. The number of hydrogen-bond donors (Lipinski definition) is 2. The van der Waals surface area contributed by atoms with Crippen molar-refractivity contribution in [3.05, 3.63) is 58.1 Å². The van der Waals surface area contributed by atoms with Crippen molar-refractivity contribution in [2.45, 2.75) is 11.8 Å². The smallest absolute Gasteiger partial charge is 0.276 e. The molecule has 0 fully saturated rings. The number of benzene rings is 2. The van der Waals surface area contributed by atoms with Gasteiger partial charge in [-0.3, -0.25) is 0 Å². The first kappa shape index (κ1) is 16.6. The van der Waals surface area contributed by atoms with Crippen LogP contribution in [-0.2, 0) is 10.0 Å². The summed E-state index contributed by atoms with van der Waals surface area (Å²) in [5.74, 6) is -0.216. The molecule has 22 heavy (non-hydrogen) atoms. The second-order valence-corrected chi connectivity index (χ2v) is 6.89. The van der Waals surface area contributed by atoms with Gasteiger partial charge < -0.3 is 5.11 Å². The van der Waals surface area contributed by atoms with E-state index in [9.17, 15) is 13.5 Å². The second kappa shape index (κ2) is 6.56. The Hall–Kier alpha value is -1.76. The summed E-state index contributed by atoms with van der Waals surface area (Å²) in [6, 6.07) is 10.6. The van der Waals surface area contributed by atoms with Crippen LogP contribution < -0.4 is 4.83 Å². The largest absolute Gasteiger partial charge is 0.506 e. The molecule has 0 amide bonds. The van der Waals surface area contributed by atoms with Gasteiger partial charge in [0.25, 0.3) is 10.0 Å². The second-order valence-electron chi connectivity index (χ2n) is 4.39. The van der Waals surface area contributed by atoms with Gasteiger partial charge in [0.05, 0.1) is 15.6 Å². The van der Waals surface area contributed by atoms with Gasteiger partial charge in [0, 0.05) is 10.6 Å². The van der Waals surface area contributed by atoms with Gasteiger partial charge in [0.1, 0.15) is 5.75 Å². The SMILES string of the molecule is CC(=NNS(=O)(=O)c1ccccc1)c1cc(Cl)cc(Cl)c1O. The van der Waals surface area contributed by atoms with Gasteiger partial charge >= 0.3 is 0 Å². The maximum Gasteiger partial charge on any atom is 0.276 e. The molecule has 0 aliphatic rings. The first-order valence-corrected chi connectivity index (χ1v) is 8.34. The molecule has 2 aromatic rings. The van der Waals surface area contributed by atoms with Gasteiger partial charge in [0.2, 0.25) is 0 Å². The summed E-state index contributed by atoms with van der Waals surface area (Å²) in [6.45, 7) is 1.52. The van der Waals surface area contributed by atoms with Crippen LogP contribution in [0.1, 0.15) is 12.5 Å². The Morgan fingerprint density at radius 1 is 1.18 bits per heavy atom. The third kappa shape index (κ3) is 3.71. The lowest BCUT2D eigenvalue weighted by Crippen LogP contribution is -2.19. The van der Waals surface area contributed by atoms with E-state index in [2.05, 4.69) is 9.93 Å². The summed E-state index contributed by atoms with van der Waals surface area (Å²) in [5.41, 5.74) is 0.467. The number of aromatic hydroxyl groups is 1. The number of hydrazone groups is 1. The summed E-state index contributed by atoms with van der Waals surface area (Å²) in [6.07, 6.45) is 0. The molecule has 0 saturated carbocycles. The van der Waals surface area contributed by atoms with Gasteiger partial charge in [-0.1, -0.05) is 41.4 Å². The fraction of sp³-hybridized carbons (Fsp3) is 0.0714. The number of phenolic OH excluding ortho intramolecular Hbond substituents is 1. The molecule has 2 rings (SSSR count). The van der Waals surface area contributed by atoms with Gasteiger partial charge in [-0.15, -0.1) is 0 Å². The molecule has 0 aromatic heterocycles. The highest BCUT2D eigenvalue weighted by atomic mass is 35.5. The van der Waals surface area contributed by atoms with Crippen molar-refractivity contribution in [3.63, 3.8) is 0 Å². The summed E-state index contributed by atoms with van der Waals surface area (Å²) in [5, 5.41) is 14.0. The van der Waals surface area contributed by atoms with Crippen LogP contribution in [0.2, 0.25) is 10.0 Å². The topological polar surface area (TPSA) is 78.8 Å². The van der Waals surface area contributed by atoms with E-state index in [1.54, 1.807) is 18.2 Å². The van der Waals surface area contributed by atoms with Crippen LogP contribution in [0.5, 0.6) is 5.75 Å². The van der Waals surface area contributed by atoms with E-state index >= 15 is 0 Å². The van der Waals surface area contributed by atoms with Crippen LogP contribution in [0.15, 0.2) is 52.5 Å². The monoisotopic (exact) mass is 358 g/mol. The molecule has 0 bridgehead atoms. The molecule has 0 saturated heterocycles. The summed E-state index contributed by atoms with van der Waals surface area (Å²) >= 11 is 11.7. The third-order valence-corrected chi connectivity index (χ3v) is 4.54. The number of phenols is 1. The van der Waals surface area contributed by atoms with Gasteiger partial charge in [-0.25, -0.2) is 0 Å². The molecule has 2 aromatic carbocycles. The zero-order valence-corrected chi connectivity index (χ0v) is 13.7. The quantitative estimate of drug-likeness (QED) is 0.649. The maximum absolute atomic E-state index is 12.1. The Morgan fingerprint density at radius 2 is 1.82 bits per heavy atom. The molecule has 5 nitrogen and oxygen atoms in total. The Labute approximate surface area is 138 Å². The molecule has 2 N–H and O–H groups in total. The van der Waals surface area contributed by atoms with Crippen molar-refractivity contribution >= 4 is 38.9 Å². The van der Waals surface area contributed by atoms with E-state index in [1.165, 1.54) is 31.2 Å². The Morgan fingerprint density at radius 3 is 2.45 bits per heavy atom. The van der Waals surface area contributed by atoms with Crippen LogP contribution in [0.4, 0.5) is 0 Å². The lowest BCUT2D eigenvalue weighted by atomic mass is 10.1. The van der Waals surface area contributed by atoms with E-state index in [-0.39, 0.29) is 26.9 Å². The maximum atomic E-state index is 12.1. The highest BCUT2D eigenvalue weighted by Gasteiger charge is 2.14. The first-order chi connectivity index (χ1) is 10.3. The molecule has 8 heteroatoms. The summed E-state index contributed by atoms with van der Waals surface area (Å²) < 4.78 is 24.1. The molecular weight excluding hydrogens is 347 g/mol. The standard InChI is InChI=1S/C14H12Cl2N2O3S/c1-9(12-7-10(15)8-13(16)14(12)19)17-18-22(20,21)11-5-3-2-4-6-11/h2-8,18-19H,1H3. The van der Waals surface area contributed by atoms with E-state index in [1.807, 2.05) is 0 Å². The fourth-order valence-corrected chi connectivity index (χ4v) is 3.05. The van der Waals surface area contributed by atoms with Crippen LogP contribution in [0, 0.1) is 0 Å². The molecule has 0 spiro atoms. The highest BCUT2D eigenvalue weighted by molar-refractivity contribution is 7.89. The fourth-order valence-electron chi connectivity index (χ4n) is 1.68. The van der Waals surface area contributed by atoms with Crippen LogP contribution in [-0.4, -0.2) is 19.2 Å². The normalized spacial score (nSPS) is 12.2. The zero-order chi connectivity index (χ0) is 16.3. The lowest BCUT2D eigenvalue weighted by Gasteiger charge is -2.08. The average molecular weight is 359 g/mol. The van der Waals surface area contributed by atoms with Gasteiger partial charge in [-0.2, -0.15) is 18.4 Å². The zero-order valence-electron chi connectivity index (χ0n) is 11.4.